The van der Waals surface area contributed by atoms with Gasteiger partial charge in [-0.15, -0.1) is 0 Å². The predicted molar refractivity (Wildman–Crippen MR) is 123 cm³/mol. The Balaban J connectivity index is 1.55. The largest absolute Gasteiger partial charge is 0.369 e. The Kier molecular flexibility index (Phi) is 5.15. The summed E-state index contributed by atoms with van der Waals surface area (Å²) < 4.78 is 14.7. The Morgan fingerprint density at radius 1 is 0.900 bits per heavy atom. The minimum Gasteiger partial charge on any atom is -0.369 e. The van der Waals surface area contributed by atoms with Crippen LogP contribution in [0.1, 0.15) is 5.56 Å². The van der Waals surface area contributed by atoms with Crippen LogP contribution in [-0.2, 0) is 0 Å². The van der Waals surface area contributed by atoms with E-state index in [0.717, 1.165) is 48.7 Å². The molecular formula is C24H22ClFN4. The Morgan fingerprint density at radius 3 is 2.47 bits per heavy atom. The van der Waals surface area contributed by atoms with Crippen molar-refractivity contribution < 1.29 is 4.39 Å². The van der Waals surface area contributed by atoms with Crippen LogP contribution in [0.25, 0.3) is 11.1 Å². The molecule has 0 spiro atoms. The number of fused-ring (bicyclic) bond motifs is 1. The number of nitrogens with zero attached hydrogens (tertiary/aromatic N) is 3. The second-order valence-corrected chi connectivity index (χ2v) is 7.94. The van der Waals surface area contributed by atoms with E-state index < -0.39 is 0 Å². The van der Waals surface area contributed by atoms with Crippen LogP contribution in [0.2, 0.25) is 5.02 Å². The molecule has 152 valence electrons. The fraction of sp³-hybridized carbons (Fsp3) is 0.208. The molecule has 0 atom stereocenters. The minimum absolute atomic E-state index is 0.288. The van der Waals surface area contributed by atoms with Crippen molar-refractivity contribution in [2.45, 2.75) is 0 Å². The standard InChI is InChI=1S/C24H22ClFN4/c25-18-4-9-23(26)22(14-18)21-3-1-2-17-15-28-16-30(24(17)21)20-7-5-19(6-8-20)29-12-10-27-11-13-29/h1-9,14-15,27H,10-13,16H2. The second-order valence-electron chi connectivity index (χ2n) is 7.50. The van der Waals surface area contributed by atoms with Gasteiger partial charge in [0.1, 0.15) is 12.5 Å². The third kappa shape index (κ3) is 3.55. The predicted octanol–water partition coefficient (Wildman–Crippen LogP) is 5.08. The number of rotatable bonds is 3. The van der Waals surface area contributed by atoms with E-state index in [2.05, 4.69) is 44.4 Å². The fourth-order valence-corrected chi connectivity index (χ4v) is 4.33. The summed E-state index contributed by atoms with van der Waals surface area (Å²) in [6.07, 6.45) is 1.85. The summed E-state index contributed by atoms with van der Waals surface area (Å²) >= 11 is 6.18. The number of hydrogen-bond donors (Lipinski definition) is 1. The highest BCUT2D eigenvalue weighted by molar-refractivity contribution is 6.30. The van der Waals surface area contributed by atoms with E-state index in [0.29, 0.717) is 17.3 Å². The molecule has 0 aliphatic carbocycles. The van der Waals surface area contributed by atoms with E-state index in [4.69, 9.17) is 11.6 Å². The van der Waals surface area contributed by atoms with E-state index in [-0.39, 0.29) is 5.82 Å². The zero-order valence-electron chi connectivity index (χ0n) is 16.5. The molecule has 0 radical (unpaired) electrons. The molecule has 2 aliphatic rings. The summed E-state index contributed by atoms with van der Waals surface area (Å²) in [5.41, 5.74) is 5.46. The van der Waals surface area contributed by atoms with Crippen LogP contribution in [0.3, 0.4) is 0 Å². The first kappa shape index (κ1) is 19.1. The van der Waals surface area contributed by atoms with Crippen molar-refractivity contribution in [1.29, 1.82) is 0 Å². The number of nitrogens with one attached hydrogen (secondary N) is 1. The van der Waals surface area contributed by atoms with Crippen molar-refractivity contribution in [2.24, 2.45) is 4.99 Å². The first-order valence-electron chi connectivity index (χ1n) is 10.1. The summed E-state index contributed by atoms with van der Waals surface area (Å²) in [5, 5.41) is 3.90. The van der Waals surface area contributed by atoms with E-state index >= 15 is 0 Å². The van der Waals surface area contributed by atoms with Crippen LogP contribution in [0, 0.1) is 5.82 Å². The summed E-state index contributed by atoms with van der Waals surface area (Å²) in [6.45, 7) is 4.51. The molecule has 0 aromatic heterocycles. The van der Waals surface area contributed by atoms with E-state index in [1.54, 1.807) is 12.1 Å². The zero-order valence-corrected chi connectivity index (χ0v) is 17.2. The lowest BCUT2D eigenvalue weighted by atomic mass is 9.98. The number of aliphatic imine (C=N–C) groups is 1. The van der Waals surface area contributed by atoms with Gasteiger partial charge in [0.25, 0.3) is 0 Å². The highest BCUT2D eigenvalue weighted by atomic mass is 35.5. The third-order valence-corrected chi connectivity index (χ3v) is 5.89. The number of piperazine rings is 1. The lowest BCUT2D eigenvalue weighted by Crippen LogP contribution is -2.43. The summed E-state index contributed by atoms with van der Waals surface area (Å²) in [5.74, 6) is -0.288. The van der Waals surface area contributed by atoms with Crippen molar-refractivity contribution in [2.75, 3.05) is 42.6 Å². The topological polar surface area (TPSA) is 30.9 Å². The highest BCUT2D eigenvalue weighted by Crippen LogP contribution is 2.40. The van der Waals surface area contributed by atoms with Crippen LogP contribution < -0.4 is 15.1 Å². The Bertz CT molecular complexity index is 1090. The molecule has 3 aromatic rings. The van der Waals surface area contributed by atoms with Gasteiger partial charge in [0.2, 0.25) is 0 Å². The van der Waals surface area contributed by atoms with E-state index in [9.17, 15) is 4.39 Å². The van der Waals surface area contributed by atoms with E-state index in [1.807, 2.05) is 24.4 Å². The first-order valence-corrected chi connectivity index (χ1v) is 10.5. The smallest absolute Gasteiger partial charge is 0.131 e. The molecule has 2 heterocycles. The van der Waals surface area contributed by atoms with Gasteiger partial charge in [0, 0.05) is 65.5 Å². The van der Waals surface area contributed by atoms with Gasteiger partial charge in [-0.25, -0.2) is 4.39 Å². The van der Waals surface area contributed by atoms with E-state index in [1.165, 1.54) is 11.8 Å². The Hall–Kier alpha value is -2.89. The van der Waals surface area contributed by atoms with Crippen molar-refractivity contribution in [3.8, 4) is 11.1 Å². The number of para-hydroxylation sites is 1. The third-order valence-electron chi connectivity index (χ3n) is 5.65. The van der Waals surface area contributed by atoms with Crippen molar-refractivity contribution >= 4 is 34.9 Å². The van der Waals surface area contributed by atoms with Crippen LogP contribution in [0.15, 0.2) is 65.7 Å². The lowest BCUT2D eigenvalue weighted by molar-refractivity contribution is 0.589. The lowest BCUT2D eigenvalue weighted by Gasteiger charge is -2.32. The van der Waals surface area contributed by atoms with Crippen LogP contribution >= 0.6 is 11.6 Å². The zero-order chi connectivity index (χ0) is 20.5. The molecule has 30 heavy (non-hydrogen) atoms. The molecule has 0 amide bonds. The minimum atomic E-state index is -0.288. The maximum atomic E-state index is 14.7. The molecule has 0 bridgehead atoms. The number of hydrogen-bond acceptors (Lipinski definition) is 4. The SMILES string of the molecule is Fc1ccc(Cl)cc1-c1cccc2c1N(c1ccc(N3CCNCC3)cc1)CN=C2. The quantitative estimate of drug-likeness (QED) is 0.640. The maximum Gasteiger partial charge on any atom is 0.131 e. The van der Waals surface area contributed by atoms with Crippen molar-refractivity contribution in [1.82, 2.24) is 5.32 Å². The molecule has 0 saturated carbocycles. The normalized spacial score (nSPS) is 15.9. The number of halogens is 2. The molecule has 1 saturated heterocycles. The Labute approximate surface area is 180 Å². The monoisotopic (exact) mass is 420 g/mol. The first-order chi connectivity index (χ1) is 14.7. The highest BCUT2D eigenvalue weighted by Gasteiger charge is 2.22. The van der Waals surface area contributed by atoms with Gasteiger partial charge in [0.15, 0.2) is 0 Å². The van der Waals surface area contributed by atoms with Crippen LogP contribution in [-0.4, -0.2) is 39.1 Å². The number of benzene rings is 3. The summed E-state index contributed by atoms with van der Waals surface area (Å²) in [6, 6.07) is 19.1. The summed E-state index contributed by atoms with van der Waals surface area (Å²) in [7, 11) is 0. The molecular weight excluding hydrogens is 399 g/mol. The van der Waals surface area contributed by atoms with Gasteiger partial charge in [-0.2, -0.15) is 0 Å². The molecule has 1 fully saturated rings. The Morgan fingerprint density at radius 2 is 1.67 bits per heavy atom. The van der Waals surface area contributed by atoms with Crippen LogP contribution in [0.5, 0.6) is 0 Å². The van der Waals surface area contributed by atoms with Gasteiger partial charge in [-0.1, -0.05) is 29.8 Å². The molecule has 1 N–H and O–H groups in total. The van der Waals surface area contributed by atoms with Gasteiger partial charge >= 0.3 is 0 Å². The van der Waals surface area contributed by atoms with Crippen molar-refractivity contribution in [3.63, 3.8) is 0 Å². The summed E-state index contributed by atoms with van der Waals surface area (Å²) in [4.78, 5) is 9.04. The molecule has 5 rings (SSSR count). The average molecular weight is 421 g/mol. The van der Waals surface area contributed by atoms with Crippen molar-refractivity contribution in [3.05, 3.63) is 77.1 Å². The molecule has 2 aliphatic heterocycles. The maximum absolute atomic E-state index is 14.7. The van der Waals surface area contributed by atoms with Gasteiger partial charge in [-0.3, -0.25) is 4.99 Å². The molecule has 3 aromatic carbocycles. The molecule has 6 heteroatoms. The van der Waals surface area contributed by atoms with Gasteiger partial charge in [-0.05, 0) is 42.5 Å². The molecule has 0 unspecified atom stereocenters. The van der Waals surface area contributed by atoms with Crippen LogP contribution in [0.4, 0.5) is 21.5 Å². The fourth-order valence-electron chi connectivity index (χ4n) is 4.16. The molecule has 4 nitrogen and oxygen atoms in total. The number of anilines is 3. The van der Waals surface area contributed by atoms with Gasteiger partial charge < -0.3 is 15.1 Å². The average Bonchev–Trinajstić information content (AvgIpc) is 2.80. The second kappa shape index (κ2) is 8.09. The van der Waals surface area contributed by atoms with Gasteiger partial charge in [0.05, 0.1) is 5.69 Å².